The molecule has 1 heterocycles. The summed E-state index contributed by atoms with van der Waals surface area (Å²) in [6, 6.07) is 6.16. The second kappa shape index (κ2) is 5.09. The number of Topliss-reactive ketones (excluding diaryl/α,β-unsaturated/α-hetero) is 1. The summed E-state index contributed by atoms with van der Waals surface area (Å²) in [5.41, 5.74) is 0.453. The van der Waals surface area contributed by atoms with Crippen LogP contribution in [0.25, 0.3) is 0 Å². The standard InChI is InChI=1S/C11H10FN3OS/c1-15-10(6-13-14-15)11(16)7-17-9-4-2-3-8(12)5-9/h2-6H,7H2,1H3. The van der Waals surface area contributed by atoms with Gasteiger partial charge in [0.15, 0.2) is 5.78 Å². The van der Waals surface area contributed by atoms with Gasteiger partial charge in [0.05, 0.1) is 11.9 Å². The van der Waals surface area contributed by atoms with Gasteiger partial charge in [0.1, 0.15) is 11.5 Å². The summed E-state index contributed by atoms with van der Waals surface area (Å²) < 4.78 is 14.3. The lowest BCUT2D eigenvalue weighted by Crippen LogP contribution is -2.09. The molecule has 2 rings (SSSR count). The molecule has 0 amide bonds. The molecule has 0 atom stereocenters. The van der Waals surface area contributed by atoms with Crippen LogP contribution in [-0.4, -0.2) is 26.5 Å². The summed E-state index contributed by atoms with van der Waals surface area (Å²) in [6.45, 7) is 0. The minimum atomic E-state index is -0.301. The molecule has 0 radical (unpaired) electrons. The van der Waals surface area contributed by atoms with Crippen LogP contribution in [0.4, 0.5) is 4.39 Å². The summed E-state index contributed by atoms with van der Waals surface area (Å²) >= 11 is 1.29. The molecule has 0 saturated carbocycles. The Hall–Kier alpha value is -1.69. The van der Waals surface area contributed by atoms with Crippen molar-refractivity contribution in [1.82, 2.24) is 15.0 Å². The molecule has 0 aliphatic rings. The van der Waals surface area contributed by atoms with Crippen molar-refractivity contribution < 1.29 is 9.18 Å². The number of ketones is 1. The van der Waals surface area contributed by atoms with E-state index in [1.807, 2.05) is 0 Å². The monoisotopic (exact) mass is 251 g/mol. The predicted molar refractivity (Wildman–Crippen MR) is 62.5 cm³/mol. The Morgan fingerprint density at radius 2 is 2.35 bits per heavy atom. The van der Waals surface area contributed by atoms with Crippen molar-refractivity contribution in [2.75, 3.05) is 5.75 Å². The zero-order valence-corrected chi connectivity index (χ0v) is 9.95. The van der Waals surface area contributed by atoms with E-state index < -0.39 is 0 Å². The minimum Gasteiger partial charge on any atom is -0.291 e. The number of hydrogen-bond donors (Lipinski definition) is 0. The van der Waals surface area contributed by atoms with Gasteiger partial charge in [-0.25, -0.2) is 9.07 Å². The van der Waals surface area contributed by atoms with Gasteiger partial charge in [0.2, 0.25) is 0 Å². The number of carbonyl (C=O) groups excluding carboxylic acids is 1. The summed E-state index contributed by atoms with van der Waals surface area (Å²) in [5.74, 6) is -0.138. The van der Waals surface area contributed by atoms with Crippen LogP contribution in [0.15, 0.2) is 35.4 Å². The van der Waals surface area contributed by atoms with Gasteiger partial charge in [-0.15, -0.1) is 16.9 Å². The zero-order valence-electron chi connectivity index (χ0n) is 9.13. The topological polar surface area (TPSA) is 47.8 Å². The molecule has 17 heavy (non-hydrogen) atoms. The van der Waals surface area contributed by atoms with Crippen LogP contribution in [0.2, 0.25) is 0 Å². The molecular formula is C11H10FN3OS. The average Bonchev–Trinajstić information content (AvgIpc) is 2.72. The number of nitrogens with zero attached hydrogens (tertiary/aromatic N) is 3. The Labute approximate surface area is 102 Å². The lowest BCUT2D eigenvalue weighted by Gasteiger charge is -2.01. The lowest BCUT2D eigenvalue weighted by atomic mass is 10.3. The Morgan fingerprint density at radius 3 is 3.00 bits per heavy atom. The maximum atomic E-state index is 12.9. The first kappa shape index (κ1) is 11.8. The largest absolute Gasteiger partial charge is 0.291 e. The van der Waals surface area contributed by atoms with E-state index in [2.05, 4.69) is 10.3 Å². The normalized spacial score (nSPS) is 10.5. The van der Waals surface area contributed by atoms with Crippen molar-refractivity contribution in [2.24, 2.45) is 7.05 Å². The van der Waals surface area contributed by atoms with Gasteiger partial charge in [-0.1, -0.05) is 11.3 Å². The Balaban J connectivity index is 1.99. The average molecular weight is 251 g/mol. The van der Waals surface area contributed by atoms with Gasteiger partial charge in [-0.2, -0.15) is 0 Å². The predicted octanol–water partition coefficient (Wildman–Crippen LogP) is 1.93. The van der Waals surface area contributed by atoms with Crippen molar-refractivity contribution >= 4 is 17.5 Å². The summed E-state index contributed by atoms with van der Waals surface area (Å²) in [7, 11) is 1.66. The van der Waals surface area contributed by atoms with E-state index in [9.17, 15) is 9.18 Å². The van der Waals surface area contributed by atoms with Crippen molar-refractivity contribution in [3.63, 3.8) is 0 Å². The van der Waals surface area contributed by atoms with E-state index >= 15 is 0 Å². The molecule has 1 aromatic heterocycles. The third-order valence-corrected chi connectivity index (χ3v) is 3.16. The van der Waals surface area contributed by atoms with Gasteiger partial charge in [-0.3, -0.25) is 4.79 Å². The fourth-order valence-corrected chi connectivity index (χ4v) is 2.14. The number of carbonyl (C=O) groups is 1. The number of benzene rings is 1. The highest BCUT2D eigenvalue weighted by Gasteiger charge is 2.11. The smallest absolute Gasteiger partial charge is 0.192 e. The highest BCUT2D eigenvalue weighted by molar-refractivity contribution is 8.00. The van der Waals surface area contributed by atoms with Crippen LogP contribution in [-0.2, 0) is 7.05 Å². The SMILES string of the molecule is Cn1nncc1C(=O)CSc1cccc(F)c1. The second-order valence-corrected chi connectivity index (χ2v) is 4.46. The molecule has 88 valence electrons. The zero-order chi connectivity index (χ0) is 12.3. The molecule has 1 aromatic carbocycles. The molecule has 0 N–H and O–H groups in total. The van der Waals surface area contributed by atoms with E-state index in [1.54, 1.807) is 19.2 Å². The van der Waals surface area contributed by atoms with Crippen LogP contribution in [0.1, 0.15) is 10.5 Å². The minimum absolute atomic E-state index is 0.0771. The molecule has 0 aliphatic heterocycles. The maximum absolute atomic E-state index is 12.9. The van der Waals surface area contributed by atoms with Gasteiger partial charge in [0, 0.05) is 11.9 Å². The number of aryl methyl sites for hydroxylation is 1. The van der Waals surface area contributed by atoms with E-state index in [0.717, 1.165) is 4.90 Å². The first-order valence-electron chi connectivity index (χ1n) is 4.93. The van der Waals surface area contributed by atoms with Gasteiger partial charge >= 0.3 is 0 Å². The van der Waals surface area contributed by atoms with Crippen LogP contribution in [0, 0.1) is 5.82 Å². The highest BCUT2D eigenvalue weighted by Crippen LogP contribution is 2.19. The number of hydrogen-bond acceptors (Lipinski definition) is 4. The lowest BCUT2D eigenvalue weighted by molar-refractivity contribution is 0.101. The van der Waals surface area contributed by atoms with Gasteiger partial charge in [0.25, 0.3) is 0 Å². The van der Waals surface area contributed by atoms with E-state index in [1.165, 1.54) is 34.8 Å². The third-order valence-electron chi connectivity index (χ3n) is 2.17. The molecule has 0 bridgehead atoms. The molecule has 2 aromatic rings. The highest BCUT2D eigenvalue weighted by atomic mass is 32.2. The van der Waals surface area contributed by atoms with Crippen molar-refractivity contribution in [1.29, 1.82) is 0 Å². The van der Waals surface area contributed by atoms with Crippen LogP contribution < -0.4 is 0 Å². The number of thioether (sulfide) groups is 1. The number of rotatable bonds is 4. The molecule has 6 heteroatoms. The van der Waals surface area contributed by atoms with E-state index in [0.29, 0.717) is 5.69 Å². The molecule has 0 spiro atoms. The van der Waals surface area contributed by atoms with E-state index in [4.69, 9.17) is 0 Å². The van der Waals surface area contributed by atoms with Gasteiger partial charge < -0.3 is 0 Å². The molecule has 4 nitrogen and oxygen atoms in total. The van der Waals surface area contributed by atoms with Crippen LogP contribution in [0.5, 0.6) is 0 Å². The Kier molecular flexibility index (Phi) is 3.53. The van der Waals surface area contributed by atoms with E-state index in [-0.39, 0.29) is 17.4 Å². The fourth-order valence-electron chi connectivity index (χ4n) is 1.32. The van der Waals surface area contributed by atoms with Crippen molar-refractivity contribution in [3.05, 3.63) is 42.0 Å². The summed E-state index contributed by atoms with van der Waals surface area (Å²) in [4.78, 5) is 12.5. The molecular weight excluding hydrogens is 241 g/mol. The van der Waals surface area contributed by atoms with Crippen molar-refractivity contribution in [3.8, 4) is 0 Å². The van der Waals surface area contributed by atoms with Gasteiger partial charge in [-0.05, 0) is 18.2 Å². The van der Waals surface area contributed by atoms with Crippen molar-refractivity contribution in [2.45, 2.75) is 4.90 Å². The number of aromatic nitrogens is 3. The fraction of sp³-hybridized carbons (Fsp3) is 0.182. The first-order valence-corrected chi connectivity index (χ1v) is 5.91. The maximum Gasteiger partial charge on any atom is 0.192 e. The van der Waals surface area contributed by atoms with Crippen LogP contribution >= 0.6 is 11.8 Å². The number of halogens is 1. The first-order chi connectivity index (χ1) is 8.16. The third kappa shape index (κ3) is 2.91. The molecule has 0 saturated heterocycles. The second-order valence-electron chi connectivity index (χ2n) is 3.41. The Morgan fingerprint density at radius 1 is 1.53 bits per heavy atom. The molecule has 0 unspecified atom stereocenters. The Bertz CT molecular complexity index is 541. The summed E-state index contributed by atoms with van der Waals surface area (Å²) in [6.07, 6.45) is 1.43. The van der Waals surface area contributed by atoms with Crippen LogP contribution in [0.3, 0.4) is 0 Å². The molecule has 0 aliphatic carbocycles. The summed E-state index contributed by atoms with van der Waals surface area (Å²) in [5, 5.41) is 7.32. The molecule has 0 fully saturated rings. The quantitative estimate of drug-likeness (QED) is 0.615.